The van der Waals surface area contributed by atoms with Crippen LogP contribution in [0.1, 0.15) is 24.6 Å². The molecule has 0 aliphatic heterocycles. The van der Waals surface area contributed by atoms with Crippen molar-refractivity contribution in [1.29, 1.82) is 0 Å². The highest BCUT2D eigenvalue weighted by Gasteiger charge is 2.17. The number of aromatic nitrogens is 3. The molecule has 0 aliphatic carbocycles. The van der Waals surface area contributed by atoms with Crippen molar-refractivity contribution in [3.63, 3.8) is 0 Å². The molecule has 0 saturated heterocycles. The van der Waals surface area contributed by atoms with Crippen LogP contribution in [0.25, 0.3) is 11.0 Å². The maximum absolute atomic E-state index is 5.60. The normalized spacial score (nSPS) is 13.0. The fourth-order valence-corrected chi connectivity index (χ4v) is 2.89. The third-order valence-corrected chi connectivity index (χ3v) is 3.85. The second-order valence-corrected chi connectivity index (χ2v) is 5.75. The molecule has 0 radical (unpaired) electrons. The number of rotatable bonds is 2. The Morgan fingerprint density at radius 3 is 2.95 bits per heavy atom. The van der Waals surface area contributed by atoms with Gasteiger partial charge in [0, 0.05) is 4.47 Å². The predicted molar refractivity (Wildman–Crippen MR) is 79.9 cm³/mol. The van der Waals surface area contributed by atoms with Gasteiger partial charge in [-0.05, 0) is 44.3 Å². The first-order chi connectivity index (χ1) is 9.06. The number of nitrogens with one attached hydrogen (secondary N) is 1. The molecule has 1 atom stereocenters. The third-order valence-electron chi connectivity index (χ3n) is 3.06. The van der Waals surface area contributed by atoms with Crippen molar-refractivity contribution < 1.29 is 4.42 Å². The molecule has 0 spiro atoms. The van der Waals surface area contributed by atoms with Crippen molar-refractivity contribution in [1.82, 2.24) is 14.5 Å². The van der Waals surface area contributed by atoms with Crippen LogP contribution in [-0.2, 0) is 0 Å². The van der Waals surface area contributed by atoms with Crippen molar-refractivity contribution in [2.75, 3.05) is 0 Å². The van der Waals surface area contributed by atoms with Crippen LogP contribution >= 0.6 is 28.1 Å². The van der Waals surface area contributed by atoms with Gasteiger partial charge in [-0.3, -0.25) is 0 Å². The smallest absolute Gasteiger partial charge is 0.217 e. The molecule has 3 rings (SSSR count). The molecule has 0 saturated carbocycles. The number of aromatic amines is 1. The molecular formula is C13H12BrN3OS. The fraction of sp³-hybridized carbons (Fsp3) is 0.231. The van der Waals surface area contributed by atoms with Crippen LogP contribution in [0.2, 0.25) is 0 Å². The van der Waals surface area contributed by atoms with Crippen LogP contribution in [0.3, 0.4) is 0 Å². The summed E-state index contributed by atoms with van der Waals surface area (Å²) in [5, 5.41) is 0. The number of benzene rings is 1. The summed E-state index contributed by atoms with van der Waals surface area (Å²) in [4.78, 5) is 7.48. The zero-order valence-corrected chi connectivity index (χ0v) is 12.9. The largest absolute Gasteiger partial charge is 0.444 e. The molecule has 0 fully saturated rings. The fourth-order valence-electron chi connectivity index (χ4n) is 2.16. The second kappa shape index (κ2) is 4.61. The van der Waals surface area contributed by atoms with Gasteiger partial charge in [0.2, 0.25) is 5.89 Å². The number of imidazole rings is 1. The molecule has 2 aromatic heterocycles. The number of fused-ring (bicyclic) bond motifs is 1. The van der Waals surface area contributed by atoms with E-state index >= 15 is 0 Å². The summed E-state index contributed by atoms with van der Waals surface area (Å²) >= 11 is 8.86. The first-order valence-electron chi connectivity index (χ1n) is 5.88. The van der Waals surface area contributed by atoms with E-state index in [-0.39, 0.29) is 6.04 Å². The molecule has 1 N–H and O–H groups in total. The zero-order chi connectivity index (χ0) is 13.6. The average Bonchev–Trinajstić information content (AvgIpc) is 2.91. The number of H-pyrrole nitrogens is 1. The van der Waals surface area contributed by atoms with E-state index < -0.39 is 0 Å². The molecule has 6 heteroatoms. The Morgan fingerprint density at radius 2 is 2.26 bits per heavy atom. The van der Waals surface area contributed by atoms with Crippen molar-refractivity contribution in [3.8, 4) is 0 Å². The van der Waals surface area contributed by atoms with Gasteiger partial charge in [-0.1, -0.05) is 15.9 Å². The van der Waals surface area contributed by atoms with Crippen LogP contribution in [0.5, 0.6) is 0 Å². The standard InChI is InChI=1S/C13H12BrN3OS/c1-7-6-15-12(18-7)8(2)17-11-4-3-9(14)5-10(11)16-13(17)19/h3-6,8H,1-2H3,(H,16,19). The van der Waals surface area contributed by atoms with Gasteiger partial charge in [0.05, 0.1) is 17.2 Å². The minimum atomic E-state index is -0.0453. The number of oxazole rings is 1. The summed E-state index contributed by atoms with van der Waals surface area (Å²) in [5.41, 5.74) is 2.03. The van der Waals surface area contributed by atoms with Crippen LogP contribution in [0, 0.1) is 11.7 Å². The zero-order valence-electron chi connectivity index (χ0n) is 10.5. The van der Waals surface area contributed by atoms with Gasteiger partial charge in [-0.25, -0.2) is 4.98 Å². The van der Waals surface area contributed by atoms with Crippen molar-refractivity contribution >= 4 is 39.2 Å². The van der Waals surface area contributed by atoms with E-state index in [1.165, 1.54) is 0 Å². The molecule has 0 aliphatic rings. The minimum absolute atomic E-state index is 0.0453. The highest BCUT2D eigenvalue weighted by atomic mass is 79.9. The molecule has 98 valence electrons. The molecular weight excluding hydrogens is 326 g/mol. The van der Waals surface area contributed by atoms with Crippen LogP contribution in [0.4, 0.5) is 0 Å². The predicted octanol–water partition coefficient (Wildman–Crippen LogP) is 4.37. The lowest BCUT2D eigenvalue weighted by atomic mass is 10.3. The van der Waals surface area contributed by atoms with Crippen molar-refractivity contribution in [2.24, 2.45) is 0 Å². The van der Waals surface area contributed by atoms with Crippen LogP contribution in [-0.4, -0.2) is 14.5 Å². The number of halogens is 1. The Labute approximate surface area is 123 Å². The summed E-state index contributed by atoms with van der Waals surface area (Å²) in [5.74, 6) is 1.47. The molecule has 0 bridgehead atoms. The summed E-state index contributed by atoms with van der Waals surface area (Å²) in [6.07, 6.45) is 1.72. The number of nitrogens with zero attached hydrogens (tertiary/aromatic N) is 2. The molecule has 2 heterocycles. The summed E-state index contributed by atoms with van der Waals surface area (Å²) < 4.78 is 9.29. The van der Waals surface area contributed by atoms with Gasteiger partial charge in [0.15, 0.2) is 4.77 Å². The summed E-state index contributed by atoms with van der Waals surface area (Å²) in [6.45, 7) is 3.91. The topological polar surface area (TPSA) is 46.8 Å². The van der Waals surface area contributed by atoms with Gasteiger partial charge in [-0.2, -0.15) is 0 Å². The molecule has 3 aromatic rings. The molecule has 1 unspecified atom stereocenters. The highest BCUT2D eigenvalue weighted by molar-refractivity contribution is 9.10. The van der Waals surface area contributed by atoms with E-state index in [0.717, 1.165) is 21.3 Å². The van der Waals surface area contributed by atoms with E-state index in [4.69, 9.17) is 16.6 Å². The average molecular weight is 338 g/mol. The van der Waals surface area contributed by atoms with E-state index in [0.29, 0.717) is 10.7 Å². The van der Waals surface area contributed by atoms with Gasteiger partial charge in [-0.15, -0.1) is 0 Å². The van der Waals surface area contributed by atoms with E-state index in [2.05, 4.69) is 25.9 Å². The molecule has 19 heavy (non-hydrogen) atoms. The third kappa shape index (κ3) is 2.15. The summed E-state index contributed by atoms with van der Waals surface area (Å²) in [6, 6.07) is 5.98. The number of aryl methyl sites for hydroxylation is 1. The Kier molecular flexibility index (Phi) is 3.06. The Balaban J connectivity index is 2.19. The number of hydrogen-bond acceptors (Lipinski definition) is 3. The van der Waals surface area contributed by atoms with Gasteiger partial charge < -0.3 is 14.0 Å². The minimum Gasteiger partial charge on any atom is -0.444 e. The number of hydrogen-bond donors (Lipinski definition) is 1. The van der Waals surface area contributed by atoms with Crippen molar-refractivity contribution in [3.05, 3.63) is 45.3 Å². The maximum Gasteiger partial charge on any atom is 0.217 e. The Hall–Kier alpha value is -1.40. The Bertz CT molecular complexity index is 802. The first kappa shape index (κ1) is 12.6. The Morgan fingerprint density at radius 1 is 1.47 bits per heavy atom. The molecule has 4 nitrogen and oxygen atoms in total. The van der Waals surface area contributed by atoms with Gasteiger partial charge in [0.25, 0.3) is 0 Å². The van der Waals surface area contributed by atoms with E-state index in [9.17, 15) is 0 Å². The lowest BCUT2D eigenvalue weighted by Crippen LogP contribution is -2.07. The van der Waals surface area contributed by atoms with Gasteiger partial charge >= 0.3 is 0 Å². The second-order valence-electron chi connectivity index (χ2n) is 4.45. The lowest BCUT2D eigenvalue weighted by Gasteiger charge is -2.10. The maximum atomic E-state index is 5.60. The highest BCUT2D eigenvalue weighted by Crippen LogP contribution is 2.26. The SMILES string of the molecule is Cc1cnc(C(C)n2c(=S)[nH]c3cc(Br)ccc32)o1. The molecule has 1 aromatic carbocycles. The van der Waals surface area contributed by atoms with E-state index in [1.807, 2.05) is 36.6 Å². The van der Waals surface area contributed by atoms with Crippen LogP contribution in [0.15, 0.2) is 33.3 Å². The lowest BCUT2D eigenvalue weighted by molar-refractivity contribution is 0.417. The monoisotopic (exact) mass is 337 g/mol. The quantitative estimate of drug-likeness (QED) is 0.706. The first-order valence-corrected chi connectivity index (χ1v) is 7.08. The summed E-state index contributed by atoms with van der Waals surface area (Å²) in [7, 11) is 0. The van der Waals surface area contributed by atoms with Crippen molar-refractivity contribution in [2.45, 2.75) is 19.9 Å². The molecule has 0 amide bonds. The van der Waals surface area contributed by atoms with Crippen LogP contribution < -0.4 is 0 Å². The van der Waals surface area contributed by atoms with Gasteiger partial charge in [0.1, 0.15) is 11.8 Å². The van der Waals surface area contributed by atoms with E-state index in [1.54, 1.807) is 6.20 Å².